The molecule has 0 atom stereocenters. The minimum absolute atomic E-state index is 0.405. The molecule has 0 bridgehead atoms. The summed E-state index contributed by atoms with van der Waals surface area (Å²) in [6.45, 7) is 2.98. The molecule has 0 aliphatic carbocycles. The topological polar surface area (TPSA) is 64.3 Å². The van der Waals surface area contributed by atoms with Crippen LogP contribution in [0.15, 0.2) is 6.07 Å². The number of aromatic nitrogens is 2. The fraction of sp³-hybridized carbons (Fsp3) is 0.556. The molecule has 78 valence electrons. The second-order valence-corrected chi connectivity index (χ2v) is 3.10. The number of ether oxygens (including phenoxy) is 1. The van der Waals surface area contributed by atoms with Crippen molar-refractivity contribution in [3.05, 3.63) is 11.9 Å². The van der Waals surface area contributed by atoms with Gasteiger partial charge in [0.2, 0.25) is 0 Å². The van der Waals surface area contributed by atoms with Crippen LogP contribution < -0.4 is 10.6 Å². The van der Waals surface area contributed by atoms with Crippen LogP contribution >= 0.6 is 0 Å². The van der Waals surface area contributed by atoms with Crippen molar-refractivity contribution in [1.82, 2.24) is 9.97 Å². The Morgan fingerprint density at radius 1 is 1.43 bits per heavy atom. The first kappa shape index (κ1) is 10.7. The van der Waals surface area contributed by atoms with E-state index >= 15 is 0 Å². The second kappa shape index (κ2) is 4.76. The van der Waals surface area contributed by atoms with Crippen LogP contribution in [-0.2, 0) is 11.3 Å². The third-order valence-electron chi connectivity index (χ3n) is 1.67. The van der Waals surface area contributed by atoms with Crippen LogP contribution in [0.3, 0.4) is 0 Å². The largest absolute Gasteiger partial charge is 0.384 e. The third kappa shape index (κ3) is 2.85. The van der Waals surface area contributed by atoms with Crippen molar-refractivity contribution in [1.29, 1.82) is 0 Å². The van der Waals surface area contributed by atoms with E-state index in [4.69, 9.17) is 10.5 Å². The van der Waals surface area contributed by atoms with Crippen molar-refractivity contribution in [2.45, 2.75) is 13.5 Å². The average molecular weight is 196 g/mol. The monoisotopic (exact) mass is 196 g/mol. The molecule has 1 aromatic heterocycles. The smallest absolute Gasteiger partial charge is 0.158 e. The highest BCUT2D eigenvalue weighted by Gasteiger charge is 2.03. The van der Waals surface area contributed by atoms with E-state index in [0.717, 1.165) is 5.82 Å². The Bertz CT molecular complexity index is 301. The van der Waals surface area contributed by atoms with Gasteiger partial charge in [0.15, 0.2) is 5.82 Å². The zero-order valence-electron chi connectivity index (χ0n) is 8.82. The van der Waals surface area contributed by atoms with E-state index in [1.165, 1.54) is 0 Å². The summed E-state index contributed by atoms with van der Waals surface area (Å²) in [6.07, 6.45) is 0. The van der Waals surface area contributed by atoms with Crippen LogP contribution in [0.4, 0.5) is 11.6 Å². The number of hydrogen-bond acceptors (Lipinski definition) is 5. The zero-order chi connectivity index (χ0) is 10.6. The lowest BCUT2D eigenvalue weighted by Gasteiger charge is -2.12. The Morgan fingerprint density at radius 2 is 2.14 bits per heavy atom. The lowest BCUT2D eigenvalue weighted by Crippen LogP contribution is -2.13. The first-order valence-corrected chi connectivity index (χ1v) is 4.52. The zero-order valence-corrected chi connectivity index (χ0v) is 8.82. The maximum atomic E-state index is 5.64. The van der Waals surface area contributed by atoms with Crippen LogP contribution in [0.25, 0.3) is 0 Å². The molecular formula is C9H16N4O. The van der Waals surface area contributed by atoms with Gasteiger partial charge < -0.3 is 15.4 Å². The van der Waals surface area contributed by atoms with Crippen LogP contribution in [0.5, 0.6) is 0 Å². The van der Waals surface area contributed by atoms with E-state index in [9.17, 15) is 0 Å². The number of anilines is 2. The number of nitrogens with two attached hydrogens (primary N) is 1. The third-order valence-corrected chi connectivity index (χ3v) is 1.67. The van der Waals surface area contributed by atoms with E-state index in [-0.39, 0.29) is 0 Å². The summed E-state index contributed by atoms with van der Waals surface area (Å²) in [5.41, 5.74) is 5.64. The minimum atomic E-state index is 0.405. The molecule has 0 aliphatic heterocycles. The Balaban J connectivity index is 2.84. The first-order chi connectivity index (χ1) is 6.63. The van der Waals surface area contributed by atoms with Gasteiger partial charge in [0.1, 0.15) is 18.2 Å². The number of nitrogen functional groups attached to an aromatic ring is 1. The fourth-order valence-electron chi connectivity index (χ4n) is 0.990. The van der Waals surface area contributed by atoms with Crippen molar-refractivity contribution in [2.24, 2.45) is 0 Å². The van der Waals surface area contributed by atoms with Gasteiger partial charge in [-0.3, -0.25) is 0 Å². The summed E-state index contributed by atoms with van der Waals surface area (Å²) in [5.74, 6) is 1.89. The highest BCUT2D eigenvalue weighted by atomic mass is 16.5. The van der Waals surface area contributed by atoms with Gasteiger partial charge in [-0.2, -0.15) is 0 Å². The first-order valence-electron chi connectivity index (χ1n) is 4.52. The SMILES string of the molecule is CCOCc1nc(N)cc(N(C)C)n1. The van der Waals surface area contributed by atoms with Crippen molar-refractivity contribution in [3.63, 3.8) is 0 Å². The Labute approximate surface area is 83.9 Å². The molecule has 1 aromatic rings. The highest BCUT2D eigenvalue weighted by Crippen LogP contribution is 2.11. The molecule has 1 heterocycles. The average Bonchev–Trinajstić information content (AvgIpc) is 2.14. The Morgan fingerprint density at radius 3 is 2.71 bits per heavy atom. The van der Waals surface area contributed by atoms with Crippen LogP contribution in [0.1, 0.15) is 12.7 Å². The van der Waals surface area contributed by atoms with Gasteiger partial charge in [-0.25, -0.2) is 9.97 Å². The highest BCUT2D eigenvalue weighted by molar-refractivity contribution is 5.45. The predicted octanol–water partition coefficient (Wildman–Crippen LogP) is 0.661. The molecule has 0 saturated heterocycles. The van der Waals surface area contributed by atoms with Gasteiger partial charge in [0.05, 0.1) is 0 Å². The second-order valence-electron chi connectivity index (χ2n) is 3.10. The lowest BCUT2D eigenvalue weighted by molar-refractivity contribution is 0.128. The quantitative estimate of drug-likeness (QED) is 0.766. The molecule has 0 fully saturated rings. The van der Waals surface area contributed by atoms with Crippen molar-refractivity contribution >= 4 is 11.6 Å². The summed E-state index contributed by atoms with van der Waals surface area (Å²) in [4.78, 5) is 10.2. The summed E-state index contributed by atoms with van der Waals surface area (Å²) in [7, 11) is 3.82. The van der Waals surface area contributed by atoms with Gasteiger partial charge in [-0.15, -0.1) is 0 Å². The van der Waals surface area contributed by atoms with E-state index in [1.807, 2.05) is 25.9 Å². The molecule has 1 rings (SSSR count). The van der Waals surface area contributed by atoms with E-state index in [2.05, 4.69) is 9.97 Å². The molecule has 2 N–H and O–H groups in total. The summed E-state index contributed by atoms with van der Waals surface area (Å²) in [6, 6.07) is 1.73. The summed E-state index contributed by atoms with van der Waals surface area (Å²) in [5, 5.41) is 0. The molecule has 0 amide bonds. The minimum Gasteiger partial charge on any atom is -0.384 e. The van der Waals surface area contributed by atoms with Gasteiger partial charge in [-0.05, 0) is 6.92 Å². The van der Waals surface area contributed by atoms with Crippen molar-refractivity contribution in [2.75, 3.05) is 31.3 Å². The van der Waals surface area contributed by atoms with Gasteiger partial charge in [0.25, 0.3) is 0 Å². The van der Waals surface area contributed by atoms with E-state index < -0.39 is 0 Å². The normalized spacial score (nSPS) is 10.2. The molecule has 0 aliphatic rings. The summed E-state index contributed by atoms with van der Waals surface area (Å²) >= 11 is 0. The van der Waals surface area contributed by atoms with Gasteiger partial charge >= 0.3 is 0 Å². The lowest BCUT2D eigenvalue weighted by atomic mass is 10.4. The molecule has 5 heteroatoms. The van der Waals surface area contributed by atoms with Crippen molar-refractivity contribution in [3.8, 4) is 0 Å². The van der Waals surface area contributed by atoms with E-state index in [1.54, 1.807) is 6.07 Å². The predicted molar refractivity (Wildman–Crippen MR) is 56.1 cm³/mol. The number of hydrogen-bond donors (Lipinski definition) is 1. The van der Waals surface area contributed by atoms with Gasteiger partial charge in [0, 0.05) is 26.8 Å². The molecular weight excluding hydrogens is 180 g/mol. The maximum Gasteiger partial charge on any atom is 0.158 e. The van der Waals surface area contributed by atoms with Crippen molar-refractivity contribution < 1.29 is 4.74 Å². The van der Waals surface area contributed by atoms with Crippen LogP contribution in [0, 0.1) is 0 Å². The number of nitrogens with zero attached hydrogens (tertiary/aromatic N) is 3. The van der Waals surface area contributed by atoms with Crippen LogP contribution in [-0.4, -0.2) is 30.7 Å². The molecule has 0 unspecified atom stereocenters. The fourth-order valence-corrected chi connectivity index (χ4v) is 0.990. The molecule has 0 saturated carbocycles. The number of rotatable bonds is 4. The molecule has 0 spiro atoms. The Hall–Kier alpha value is -1.36. The van der Waals surface area contributed by atoms with Gasteiger partial charge in [-0.1, -0.05) is 0 Å². The van der Waals surface area contributed by atoms with E-state index in [0.29, 0.717) is 24.9 Å². The molecule has 0 aromatic carbocycles. The molecule has 14 heavy (non-hydrogen) atoms. The summed E-state index contributed by atoms with van der Waals surface area (Å²) < 4.78 is 5.21. The Kier molecular flexibility index (Phi) is 3.64. The van der Waals surface area contributed by atoms with Crippen LogP contribution in [0.2, 0.25) is 0 Å². The molecule has 0 radical (unpaired) electrons. The molecule has 5 nitrogen and oxygen atoms in total. The standard InChI is InChI=1S/C9H16N4O/c1-4-14-6-8-11-7(10)5-9(12-8)13(2)3/h5H,4,6H2,1-3H3,(H2,10,11,12). The maximum absolute atomic E-state index is 5.64.